The molecule has 0 aliphatic rings. The number of nitrogens with zero attached hydrogens (tertiary/aromatic N) is 3. The molecule has 1 unspecified atom stereocenters. The number of hydrogen-bond donors (Lipinski definition) is 4. The molecule has 2 aromatic carbocycles. The van der Waals surface area contributed by atoms with Gasteiger partial charge in [0.1, 0.15) is 23.5 Å². The van der Waals surface area contributed by atoms with Crippen LogP contribution in [0.25, 0.3) is 55.6 Å². The van der Waals surface area contributed by atoms with Crippen molar-refractivity contribution in [1.29, 1.82) is 0 Å². The Bertz CT molecular complexity index is 1790. The summed E-state index contributed by atoms with van der Waals surface area (Å²) in [5.41, 5.74) is 7.15. The molecule has 9 heteroatoms. The van der Waals surface area contributed by atoms with E-state index in [1.807, 2.05) is 49.4 Å². The fraction of sp³-hybridized carbons (Fsp3) is 0.167. The largest absolute Gasteiger partial charge is 0.497 e. The van der Waals surface area contributed by atoms with Crippen LogP contribution in [0.15, 0.2) is 73.2 Å². The summed E-state index contributed by atoms with van der Waals surface area (Å²) >= 11 is 0. The number of nitrogens with one attached hydrogen (secondary N) is 3. The molecule has 4 aromatic heterocycles. The molecule has 0 spiro atoms. The number of hydrogen-bond acceptors (Lipinski definition) is 6. The van der Waals surface area contributed by atoms with Gasteiger partial charge >= 0.3 is 0 Å². The first-order valence-electron chi connectivity index (χ1n) is 12.7. The number of rotatable bonds is 8. The van der Waals surface area contributed by atoms with E-state index in [0.717, 1.165) is 67.7 Å². The number of aliphatic hydroxyl groups is 1. The Morgan fingerprint density at radius 3 is 2.74 bits per heavy atom. The van der Waals surface area contributed by atoms with Gasteiger partial charge in [0.2, 0.25) is 0 Å². The first-order chi connectivity index (χ1) is 19.0. The smallest absolute Gasteiger partial charge is 0.127 e. The quantitative estimate of drug-likeness (QED) is 0.170. The standard InChI is InChI=1S/C30H27FN6O2/c1-3-5-29(38)34-20-9-18(14-32-15-20)26-13-24-28(16-33-26)36-37-30(24)27-12-23-22(6-4-7-25(23)35-27)17-8-19(31)11-21(10-17)39-2/h4,6-16,29,34-35,38H,3,5H2,1-2H3,(H,36,37). The van der Waals surface area contributed by atoms with Gasteiger partial charge in [0.25, 0.3) is 0 Å². The lowest BCUT2D eigenvalue weighted by molar-refractivity contribution is 0.192. The normalized spacial score (nSPS) is 12.2. The molecular formula is C30H27FN6O2. The lowest BCUT2D eigenvalue weighted by Crippen LogP contribution is -2.18. The number of pyridine rings is 2. The van der Waals surface area contributed by atoms with Crippen molar-refractivity contribution in [2.45, 2.75) is 26.0 Å². The molecular weight excluding hydrogens is 495 g/mol. The molecule has 6 rings (SSSR count). The molecule has 8 nitrogen and oxygen atoms in total. The van der Waals surface area contributed by atoms with Crippen molar-refractivity contribution in [1.82, 2.24) is 25.1 Å². The number of aromatic nitrogens is 5. The molecule has 0 fully saturated rings. The van der Waals surface area contributed by atoms with Crippen LogP contribution in [-0.4, -0.2) is 43.6 Å². The lowest BCUT2D eigenvalue weighted by atomic mass is 10.0. The Morgan fingerprint density at radius 2 is 1.90 bits per heavy atom. The fourth-order valence-corrected chi connectivity index (χ4v) is 4.85. The second-order valence-electron chi connectivity index (χ2n) is 9.43. The summed E-state index contributed by atoms with van der Waals surface area (Å²) in [6.45, 7) is 2.02. The van der Waals surface area contributed by atoms with Crippen molar-refractivity contribution in [3.05, 3.63) is 79.0 Å². The number of fused-ring (bicyclic) bond motifs is 2. The average Bonchev–Trinajstić information content (AvgIpc) is 3.56. The molecule has 0 saturated carbocycles. The minimum Gasteiger partial charge on any atom is -0.497 e. The maximum Gasteiger partial charge on any atom is 0.127 e. The van der Waals surface area contributed by atoms with E-state index in [-0.39, 0.29) is 5.82 Å². The topological polar surface area (TPSA) is 112 Å². The SMILES string of the molecule is CCCC(O)Nc1cncc(-c2cc3c(-c4cc5c(-c6cc(F)cc(OC)c6)cccc5[nH]4)n[nH]c3cn2)c1. The zero-order valence-electron chi connectivity index (χ0n) is 21.5. The van der Waals surface area contributed by atoms with E-state index in [4.69, 9.17) is 4.74 Å². The van der Waals surface area contributed by atoms with E-state index in [9.17, 15) is 9.50 Å². The maximum atomic E-state index is 14.3. The number of ether oxygens (including phenoxy) is 1. The zero-order chi connectivity index (χ0) is 26.9. The number of H-pyrrole nitrogens is 2. The third-order valence-electron chi connectivity index (χ3n) is 6.71. The molecule has 6 aromatic rings. The monoisotopic (exact) mass is 522 g/mol. The fourth-order valence-electron chi connectivity index (χ4n) is 4.85. The second kappa shape index (κ2) is 10.2. The second-order valence-corrected chi connectivity index (χ2v) is 9.43. The van der Waals surface area contributed by atoms with Crippen molar-refractivity contribution in [2.24, 2.45) is 0 Å². The Kier molecular flexibility index (Phi) is 6.42. The zero-order valence-corrected chi connectivity index (χ0v) is 21.5. The van der Waals surface area contributed by atoms with Crippen molar-refractivity contribution in [3.63, 3.8) is 0 Å². The first-order valence-corrected chi connectivity index (χ1v) is 12.7. The third-order valence-corrected chi connectivity index (χ3v) is 6.71. The highest BCUT2D eigenvalue weighted by atomic mass is 19.1. The van der Waals surface area contributed by atoms with Crippen LogP contribution >= 0.6 is 0 Å². The summed E-state index contributed by atoms with van der Waals surface area (Å²) in [6.07, 6.45) is 6.05. The molecule has 1 atom stereocenters. The number of halogens is 1. The summed E-state index contributed by atoms with van der Waals surface area (Å²) in [4.78, 5) is 12.4. The van der Waals surface area contributed by atoms with Gasteiger partial charge in [-0.2, -0.15) is 5.10 Å². The number of anilines is 1. The molecule has 0 aliphatic carbocycles. The minimum atomic E-state index is -0.636. The molecule has 0 bridgehead atoms. The van der Waals surface area contributed by atoms with Gasteiger partial charge < -0.3 is 20.1 Å². The molecule has 4 heterocycles. The average molecular weight is 523 g/mol. The highest BCUT2D eigenvalue weighted by Crippen LogP contribution is 2.36. The van der Waals surface area contributed by atoms with Crippen LogP contribution in [0.3, 0.4) is 0 Å². The van der Waals surface area contributed by atoms with E-state index in [2.05, 4.69) is 30.5 Å². The molecule has 196 valence electrons. The maximum absolute atomic E-state index is 14.3. The summed E-state index contributed by atoms with van der Waals surface area (Å²) in [7, 11) is 1.53. The molecule has 0 amide bonds. The Balaban J connectivity index is 1.40. The van der Waals surface area contributed by atoms with Crippen LogP contribution in [0.1, 0.15) is 19.8 Å². The van der Waals surface area contributed by atoms with Crippen LogP contribution in [0.4, 0.5) is 10.1 Å². The summed E-state index contributed by atoms with van der Waals surface area (Å²) in [6, 6.07) is 16.5. The van der Waals surface area contributed by atoms with E-state index >= 15 is 0 Å². The van der Waals surface area contributed by atoms with Gasteiger partial charge in [-0.3, -0.25) is 15.1 Å². The summed E-state index contributed by atoms with van der Waals surface area (Å²) in [5, 5.41) is 22.7. The number of benzene rings is 2. The highest BCUT2D eigenvalue weighted by molar-refractivity contribution is 6.01. The first kappa shape index (κ1) is 24.6. The number of aliphatic hydroxyl groups excluding tert-OH is 1. The van der Waals surface area contributed by atoms with Gasteiger partial charge in [-0.1, -0.05) is 25.5 Å². The predicted molar refractivity (Wildman–Crippen MR) is 151 cm³/mol. The highest BCUT2D eigenvalue weighted by Gasteiger charge is 2.16. The van der Waals surface area contributed by atoms with Crippen LogP contribution in [0, 0.1) is 5.82 Å². The van der Waals surface area contributed by atoms with Gasteiger partial charge in [0.05, 0.1) is 42.1 Å². The van der Waals surface area contributed by atoms with Gasteiger partial charge in [-0.25, -0.2) is 4.39 Å². The molecule has 39 heavy (non-hydrogen) atoms. The van der Waals surface area contributed by atoms with Crippen LogP contribution in [-0.2, 0) is 0 Å². The predicted octanol–water partition coefficient (Wildman–Crippen LogP) is 6.51. The van der Waals surface area contributed by atoms with Crippen molar-refractivity contribution < 1.29 is 14.2 Å². The summed E-state index contributed by atoms with van der Waals surface area (Å²) < 4.78 is 19.6. The van der Waals surface area contributed by atoms with Crippen LogP contribution in [0.2, 0.25) is 0 Å². The van der Waals surface area contributed by atoms with Gasteiger partial charge in [-0.15, -0.1) is 0 Å². The van der Waals surface area contributed by atoms with E-state index in [1.165, 1.54) is 19.2 Å². The van der Waals surface area contributed by atoms with Gasteiger partial charge in [0.15, 0.2) is 0 Å². The minimum absolute atomic E-state index is 0.357. The molecule has 4 N–H and O–H groups in total. The lowest BCUT2D eigenvalue weighted by Gasteiger charge is -2.13. The summed E-state index contributed by atoms with van der Waals surface area (Å²) in [5.74, 6) is 0.105. The molecule has 0 saturated heterocycles. The van der Waals surface area contributed by atoms with Crippen LogP contribution < -0.4 is 10.1 Å². The van der Waals surface area contributed by atoms with E-state index in [0.29, 0.717) is 12.2 Å². The van der Waals surface area contributed by atoms with Crippen molar-refractivity contribution >= 4 is 27.5 Å². The van der Waals surface area contributed by atoms with Gasteiger partial charge in [0, 0.05) is 34.1 Å². The number of aromatic amines is 2. The van der Waals surface area contributed by atoms with Crippen LogP contribution in [0.5, 0.6) is 5.75 Å². The Labute approximate surface area is 223 Å². The Hall–Kier alpha value is -4.76. The van der Waals surface area contributed by atoms with Gasteiger partial charge in [-0.05, 0) is 53.9 Å². The number of methoxy groups -OCH3 is 1. The molecule has 0 aliphatic heterocycles. The third kappa shape index (κ3) is 4.80. The van der Waals surface area contributed by atoms with E-state index in [1.54, 1.807) is 18.6 Å². The van der Waals surface area contributed by atoms with Crippen molar-refractivity contribution in [2.75, 3.05) is 12.4 Å². The van der Waals surface area contributed by atoms with E-state index < -0.39 is 6.23 Å². The van der Waals surface area contributed by atoms with Crippen molar-refractivity contribution in [3.8, 4) is 39.5 Å². The molecule has 0 radical (unpaired) electrons. The Morgan fingerprint density at radius 1 is 1.00 bits per heavy atom.